The van der Waals surface area contributed by atoms with Crippen LogP contribution in [0.25, 0.3) is 0 Å². The van der Waals surface area contributed by atoms with Crippen LogP contribution in [0.2, 0.25) is 0 Å². The summed E-state index contributed by atoms with van der Waals surface area (Å²) < 4.78 is 5.36. The molecule has 0 aromatic heterocycles. The van der Waals surface area contributed by atoms with E-state index in [9.17, 15) is 5.11 Å². The van der Waals surface area contributed by atoms with Crippen LogP contribution in [0.3, 0.4) is 0 Å². The number of hydrogen-bond acceptors (Lipinski definition) is 3. The van der Waals surface area contributed by atoms with Crippen molar-refractivity contribution < 1.29 is 9.84 Å². The van der Waals surface area contributed by atoms with Crippen LogP contribution in [0, 0.1) is 0 Å². The first-order valence-corrected chi connectivity index (χ1v) is 7.32. The molecule has 3 nitrogen and oxygen atoms in total. The highest BCUT2D eigenvalue weighted by molar-refractivity contribution is 5.33. The molecule has 2 rings (SSSR count). The molecule has 0 aliphatic carbocycles. The minimum atomic E-state index is 0.315. The van der Waals surface area contributed by atoms with Gasteiger partial charge in [0.1, 0.15) is 11.5 Å². The fraction of sp³-hybridized carbons (Fsp3) is 0.333. The van der Waals surface area contributed by atoms with Gasteiger partial charge < -0.3 is 15.2 Å². The van der Waals surface area contributed by atoms with Crippen molar-refractivity contribution in [1.29, 1.82) is 0 Å². The van der Waals surface area contributed by atoms with E-state index in [1.54, 1.807) is 19.2 Å². The van der Waals surface area contributed by atoms with Gasteiger partial charge in [-0.2, -0.15) is 0 Å². The van der Waals surface area contributed by atoms with Crippen molar-refractivity contribution >= 4 is 0 Å². The number of rotatable bonds is 7. The van der Waals surface area contributed by atoms with Crippen LogP contribution in [-0.4, -0.2) is 24.8 Å². The molecule has 0 saturated heterocycles. The highest BCUT2D eigenvalue weighted by atomic mass is 16.5. The van der Waals surface area contributed by atoms with E-state index in [0.29, 0.717) is 11.8 Å². The van der Waals surface area contributed by atoms with Crippen molar-refractivity contribution in [2.45, 2.75) is 25.8 Å². The standard InChI is InChI=1S/C18H23NO2/c1-14(13-15-7-9-17(20)10-8-15)19-12-11-16-5-3-4-6-18(16)21-2/h3-10,14,19-20H,11-13H2,1-2H3. The van der Waals surface area contributed by atoms with E-state index in [1.807, 2.05) is 30.3 Å². The van der Waals surface area contributed by atoms with Gasteiger partial charge in [-0.3, -0.25) is 0 Å². The lowest BCUT2D eigenvalue weighted by molar-refractivity contribution is 0.408. The molecule has 2 aromatic rings. The quantitative estimate of drug-likeness (QED) is 0.821. The maximum absolute atomic E-state index is 9.28. The average molecular weight is 285 g/mol. The number of para-hydroxylation sites is 1. The molecule has 21 heavy (non-hydrogen) atoms. The zero-order valence-electron chi connectivity index (χ0n) is 12.7. The molecule has 1 unspecified atom stereocenters. The van der Waals surface area contributed by atoms with Gasteiger partial charge in [0.05, 0.1) is 7.11 Å². The topological polar surface area (TPSA) is 41.5 Å². The Morgan fingerprint density at radius 3 is 2.52 bits per heavy atom. The van der Waals surface area contributed by atoms with E-state index in [-0.39, 0.29) is 0 Å². The Kier molecular flexibility index (Phi) is 5.64. The zero-order valence-corrected chi connectivity index (χ0v) is 12.7. The average Bonchev–Trinajstić information content (AvgIpc) is 2.50. The van der Waals surface area contributed by atoms with Gasteiger partial charge in [0, 0.05) is 6.04 Å². The molecule has 2 N–H and O–H groups in total. The van der Waals surface area contributed by atoms with E-state index in [0.717, 1.165) is 25.1 Å². The predicted octanol–water partition coefficient (Wildman–Crippen LogP) is 3.16. The predicted molar refractivity (Wildman–Crippen MR) is 86.0 cm³/mol. The molecule has 0 fully saturated rings. The highest BCUT2D eigenvalue weighted by Gasteiger charge is 2.05. The van der Waals surface area contributed by atoms with Gasteiger partial charge in [-0.15, -0.1) is 0 Å². The third-order valence-electron chi connectivity index (χ3n) is 3.56. The second-order valence-corrected chi connectivity index (χ2v) is 5.29. The number of phenolic OH excluding ortho intramolecular Hbond substituents is 1. The molecule has 0 saturated carbocycles. The third kappa shape index (κ3) is 4.80. The van der Waals surface area contributed by atoms with E-state index < -0.39 is 0 Å². The number of ether oxygens (including phenoxy) is 1. The fourth-order valence-electron chi connectivity index (χ4n) is 2.42. The number of aromatic hydroxyl groups is 1. The number of phenols is 1. The summed E-state index contributed by atoms with van der Waals surface area (Å²) in [6.07, 6.45) is 1.90. The number of nitrogens with one attached hydrogen (secondary N) is 1. The van der Waals surface area contributed by atoms with Gasteiger partial charge in [-0.1, -0.05) is 30.3 Å². The third-order valence-corrected chi connectivity index (χ3v) is 3.56. The Morgan fingerprint density at radius 2 is 1.81 bits per heavy atom. The van der Waals surface area contributed by atoms with Crippen molar-refractivity contribution in [3.63, 3.8) is 0 Å². The number of benzene rings is 2. The zero-order chi connectivity index (χ0) is 15.1. The van der Waals surface area contributed by atoms with Crippen molar-refractivity contribution in [1.82, 2.24) is 5.32 Å². The first kappa shape index (κ1) is 15.4. The second-order valence-electron chi connectivity index (χ2n) is 5.29. The molecule has 0 spiro atoms. The summed E-state index contributed by atoms with van der Waals surface area (Å²) in [4.78, 5) is 0. The second kappa shape index (κ2) is 7.70. The molecule has 0 aliphatic heterocycles. The molecule has 0 amide bonds. The summed E-state index contributed by atoms with van der Waals surface area (Å²) in [6.45, 7) is 3.09. The SMILES string of the molecule is COc1ccccc1CCNC(C)Cc1ccc(O)cc1. The summed E-state index contributed by atoms with van der Waals surface area (Å²) in [5.74, 6) is 1.26. The van der Waals surface area contributed by atoms with Crippen molar-refractivity contribution in [2.75, 3.05) is 13.7 Å². The molecule has 0 bridgehead atoms. The minimum absolute atomic E-state index is 0.315. The smallest absolute Gasteiger partial charge is 0.122 e. The largest absolute Gasteiger partial charge is 0.508 e. The molecule has 1 atom stereocenters. The fourth-order valence-corrected chi connectivity index (χ4v) is 2.42. The van der Waals surface area contributed by atoms with Crippen LogP contribution in [0.4, 0.5) is 0 Å². The van der Waals surface area contributed by atoms with E-state index in [4.69, 9.17) is 4.74 Å². The molecule has 2 aromatic carbocycles. The normalized spacial score (nSPS) is 12.1. The molecule has 0 radical (unpaired) electrons. The number of hydrogen-bond donors (Lipinski definition) is 2. The molecule has 0 aliphatic rings. The van der Waals surface area contributed by atoms with Gasteiger partial charge in [0.15, 0.2) is 0 Å². The lowest BCUT2D eigenvalue weighted by atomic mass is 10.1. The molecule has 3 heteroatoms. The van der Waals surface area contributed by atoms with Gasteiger partial charge >= 0.3 is 0 Å². The Hall–Kier alpha value is -2.00. The van der Waals surface area contributed by atoms with E-state index in [1.165, 1.54) is 11.1 Å². The van der Waals surface area contributed by atoms with E-state index in [2.05, 4.69) is 18.3 Å². The highest BCUT2D eigenvalue weighted by Crippen LogP contribution is 2.17. The van der Waals surface area contributed by atoms with E-state index >= 15 is 0 Å². The van der Waals surface area contributed by atoms with Crippen LogP contribution in [0.15, 0.2) is 48.5 Å². The summed E-state index contributed by atoms with van der Waals surface area (Å²) >= 11 is 0. The van der Waals surface area contributed by atoms with Gasteiger partial charge in [-0.25, -0.2) is 0 Å². The van der Waals surface area contributed by atoms with Crippen molar-refractivity contribution in [2.24, 2.45) is 0 Å². The van der Waals surface area contributed by atoms with Crippen LogP contribution >= 0.6 is 0 Å². The lowest BCUT2D eigenvalue weighted by Gasteiger charge is -2.15. The Bertz CT molecular complexity index is 551. The van der Waals surface area contributed by atoms with Crippen LogP contribution in [0.5, 0.6) is 11.5 Å². The molecular formula is C18H23NO2. The Labute approximate surface area is 126 Å². The first-order valence-electron chi connectivity index (χ1n) is 7.32. The van der Waals surface area contributed by atoms with Crippen LogP contribution < -0.4 is 10.1 Å². The molecule has 112 valence electrons. The lowest BCUT2D eigenvalue weighted by Crippen LogP contribution is -2.30. The van der Waals surface area contributed by atoms with Crippen molar-refractivity contribution in [3.8, 4) is 11.5 Å². The Morgan fingerprint density at radius 1 is 1.10 bits per heavy atom. The molecular weight excluding hydrogens is 262 g/mol. The van der Waals surface area contributed by atoms with Crippen molar-refractivity contribution in [3.05, 3.63) is 59.7 Å². The minimum Gasteiger partial charge on any atom is -0.508 e. The Balaban J connectivity index is 1.79. The van der Waals surface area contributed by atoms with Gasteiger partial charge in [0.2, 0.25) is 0 Å². The monoisotopic (exact) mass is 285 g/mol. The summed E-state index contributed by atoms with van der Waals surface area (Å²) in [7, 11) is 1.71. The summed E-state index contributed by atoms with van der Waals surface area (Å²) in [5, 5.41) is 12.8. The van der Waals surface area contributed by atoms with Crippen LogP contribution in [0.1, 0.15) is 18.1 Å². The number of methoxy groups -OCH3 is 1. The molecule has 0 heterocycles. The van der Waals surface area contributed by atoms with Crippen LogP contribution in [-0.2, 0) is 12.8 Å². The van der Waals surface area contributed by atoms with Gasteiger partial charge in [0.25, 0.3) is 0 Å². The van der Waals surface area contributed by atoms with Gasteiger partial charge in [-0.05, 0) is 55.6 Å². The maximum atomic E-state index is 9.28. The maximum Gasteiger partial charge on any atom is 0.122 e. The summed E-state index contributed by atoms with van der Waals surface area (Å²) in [6, 6.07) is 15.9. The summed E-state index contributed by atoms with van der Waals surface area (Å²) in [5.41, 5.74) is 2.45. The first-order chi connectivity index (χ1) is 10.2.